The molecular formula is C12H22IN5O2S. The Labute approximate surface area is 142 Å². The highest BCUT2D eigenvalue weighted by Gasteiger charge is 2.28. The van der Waals surface area contributed by atoms with E-state index in [4.69, 9.17) is 0 Å². The first-order chi connectivity index (χ1) is 9.48. The molecule has 1 unspecified atom stereocenters. The lowest BCUT2D eigenvalue weighted by atomic mass is 10.3. The van der Waals surface area contributed by atoms with E-state index in [2.05, 4.69) is 20.7 Å². The number of hydrogen-bond acceptors (Lipinski definition) is 4. The fraction of sp³-hybridized carbons (Fsp3) is 0.667. The van der Waals surface area contributed by atoms with Crippen LogP contribution in [0.15, 0.2) is 17.4 Å². The molecule has 0 radical (unpaired) electrons. The fourth-order valence-corrected chi connectivity index (χ4v) is 3.85. The maximum Gasteiger partial charge on any atom is 0.191 e. The highest BCUT2D eigenvalue weighted by molar-refractivity contribution is 14.0. The van der Waals surface area contributed by atoms with Crippen molar-refractivity contribution in [3.8, 4) is 0 Å². The summed E-state index contributed by atoms with van der Waals surface area (Å²) in [6.45, 7) is 3.41. The molecule has 1 aromatic heterocycles. The third kappa shape index (κ3) is 5.81. The smallest absolute Gasteiger partial charge is 0.191 e. The van der Waals surface area contributed by atoms with Crippen LogP contribution in [-0.2, 0) is 16.4 Å². The summed E-state index contributed by atoms with van der Waals surface area (Å²) in [7, 11) is -1.19. The van der Waals surface area contributed by atoms with E-state index in [1.54, 1.807) is 7.05 Å². The van der Waals surface area contributed by atoms with Gasteiger partial charge >= 0.3 is 0 Å². The first kappa shape index (κ1) is 18.2. The van der Waals surface area contributed by atoms with Crippen molar-refractivity contribution in [2.75, 3.05) is 25.1 Å². The van der Waals surface area contributed by atoms with Crippen LogP contribution in [0, 0.1) is 6.92 Å². The molecular weight excluding hydrogens is 405 g/mol. The van der Waals surface area contributed by atoms with Crippen LogP contribution in [0.25, 0.3) is 0 Å². The molecule has 1 aliphatic heterocycles. The van der Waals surface area contributed by atoms with Crippen molar-refractivity contribution >= 4 is 39.8 Å². The molecule has 0 spiro atoms. The average molecular weight is 427 g/mol. The van der Waals surface area contributed by atoms with E-state index >= 15 is 0 Å². The Balaban J connectivity index is 0.00000220. The van der Waals surface area contributed by atoms with Crippen molar-refractivity contribution in [1.82, 2.24) is 20.4 Å². The van der Waals surface area contributed by atoms with Gasteiger partial charge < -0.3 is 10.6 Å². The number of aromatic nitrogens is 2. The summed E-state index contributed by atoms with van der Waals surface area (Å²) in [5.74, 6) is 1.08. The zero-order chi connectivity index (χ0) is 14.6. The van der Waals surface area contributed by atoms with E-state index in [1.807, 2.05) is 24.0 Å². The van der Waals surface area contributed by atoms with Gasteiger partial charge in [0.05, 0.1) is 24.2 Å². The lowest BCUT2D eigenvalue weighted by molar-refractivity contribution is 0.586. The molecule has 0 saturated carbocycles. The maximum absolute atomic E-state index is 11.4. The van der Waals surface area contributed by atoms with Crippen molar-refractivity contribution < 1.29 is 8.42 Å². The first-order valence-corrected chi connectivity index (χ1v) is 8.47. The van der Waals surface area contributed by atoms with Crippen molar-refractivity contribution in [1.29, 1.82) is 0 Å². The lowest BCUT2D eigenvalue weighted by Gasteiger charge is -2.16. The number of halogens is 1. The number of rotatable bonds is 4. The predicted molar refractivity (Wildman–Crippen MR) is 93.9 cm³/mol. The second-order valence-corrected chi connectivity index (χ2v) is 7.25. The molecule has 9 heteroatoms. The van der Waals surface area contributed by atoms with Crippen LogP contribution in [0.4, 0.5) is 0 Å². The molecule has 21 heavy (non-hydrogen) atoms. The Kier molecular flexibility index (Phi) is 6.91. The van der Waals surface area contributed by atoms with Gasteiger partial charge in [-0.25, -0.2) is 8.42 Å². The average Bonchev–Trinajstić information content (AvgIpc) is 2.94. The van der Waals surface area contributed by atoms with Gasteiger partial charge in [0, 0.05) is 25.8 Å². The van der Waals surface area contributed by atoms with Crippen LogP contribution in [-0.4, -0.2) is 55.3 Å². The number of aryl methyl sites for hydroxylation is 1. The zero-order valence-corrected chi connectivity index (χ0v) is 15.4. The predicted octanol–water partition coefficient (Wildman–Crippen LogP) is 0.162. The van der Waals surface area contributed by atoms with E-state index in [0.29, 0.717) is 18.9 Å². The summed E-state index contributed by atoms with van der Waals surface area (Å²) in [5.41, 5.74) is 1.13. The highest BCUT2D eigenvalue weighted by Crippen LogP contribution is 2.10. The molecule has 0 aromatic carbocycles. The summed E-state index contributed by atoms with van der Waals surface area (Å²) < 4.78 is 24.7. The number of aliphatic imine (C=N–C) groups is 1. The Morgan fingerprint density at radius 3 is 2.86 bits per heavy atom. The van der Waals surface area contributed by atoms with Gasteiger partial charge in [-0.2, -0.15) is 5.10 Å². The molecule has 0 amide bonds. The number of nitrogens with zero attached hydrogens (tertiary/aromatic N) is 3. The van der Waals surface area contributed by atoms with Crippen LogP contribution < -0.4 is 10.6 Å². The largest absolute Gasteiger partial charge is 0.355 e. The molecule has 1 saturated heterocycles. The quantitative estimate of drug-likeness (QED) is 0.406. The highest BCUT2D eigenvalue weighted by atomic mass is 127. The zero-order valence-electron chi connectivity index (χ0n) is 12.2. The van der Waals surface area contributed by atoms with Crippen LogP contribution in [0.2, 0.25) is 0 Å². The minimum absolute atomic E-state index is 0. The number of nitrogens with one attached hydrogen (secondary N) is 2. The van der Waals surface area contributed by atoms with Gasteiger partial charge in [-0.3, -0.25) is 9.67 Å². The molecule has 1 atom stereocenters. The summed E-state index contributed by atoms with van der Waals surface area (Å²) >= 11 is 0. The standard InChI is InChI=1S/C12H21N5O2S.HI/c1-10-7-15-17(8-10)5-4-14-12(13-2)16-11-3-6-20(18,19)9-11;/h7-8,11H,3-6,9H2,1-2H3,(H2,13,14,16);1H. The van der Waals surface area contributed by atoms with Gasteiger partial charge in [0.1, 0.15) is 0 Å². The van der Waals surface area contributed by atoms with E-state index in [-0.39, 0.29) is 41.5 Å². The molecule has 1 aromatic rings. The van der Waals surface area contributed by atoms with Gasteiger partial charge in [-0.15, -0.1) is 24.0 Å². The van der Waals surface area contributed by atoms with Crippen LogP contribution in [0.5, 0.6) is 0 Å². The first-order valence-electron chi connectivity index (χ1n) is 6.65. The Morgan fingerprint density at radius 1 is 1.57 bits per heavy atom. The Bertz CT molecular complexity index is 584. The maximum atomic E-state index is 11.4. The number of sulfone groups is 1. The van der Waals surface area contributed by atoms with Crippen molar-refractivity contribution in [3.63, 3.8) is 0 Å². The van der Waals surface area contributed by atoms with Gasteiger partial charge in [0.15, 0.2) is 15.8 Å². The van der Waals surface area contributed by atoms with E-state index < -0.39 is 9.84 Å². The van der Waals surface area contributed by atoms with Crippen LogP contribution >= 0.6 is 24.0 Å². The van der Waals surface area contributed by atoms with Gasteiger partial charge in [-0.05, 0) is 18.9 Å². The number of guanidine groups is 1. The third-order valence-corrected chi connectivity index (χ3v) is 4.96. The topological polar surface area (TPSA) is 88.4 Å². The van der Waals surface area contributed by atoms with Crippen molar-refractivity contribution in [2.24, 2.45) is 4.99 Å². The number of hydrogen-bond donors (Lipinski definition) is 2. The second-order valence-electron chi connectivity index (χ2n) is 5.02. The molecule has 2 rings (SSSR count). The second kappa shape index (κ2) is 7.97. The minimum Gasteiger partial charge on any atom is -0.355 e. The van der Waals surface area contributed by atoms with Gasteiger partial charge in [0.25, 0.3) is 0 Å². The summed E-state index contributed by atoms with van der Waals surface area (Å²) in [5, 5.41) is 10.5. The van der Waals surface area contributed by atoms with Crippen LogP contribution in [0.3, 0.4) is 0 Å². The van der Waals surface area contributed by atoms with Gasteiger partial charge in [-0.1, -0.05) is 0 Å². The monoisotopic (exact) mass is 427 g/mol. The molecule has 1 aliphatic rings. The summed E-state index contributed by atoms with van der Waals surface area (Å²) in [4.78, 5) is 4.11. The minimum atomic E-state index is -2.87. The van der Waals surface area contributed by atoms with Crippen molar-refractivity contribution in [3.05, 3.63) is 18.0 Å². The molecule has 1 fully saturated rings. The van der Waals surface area contributed by atoms with E-state index in [0.717, 1.165) is 12.1 Å². The molecule has 0 aliphatic carbocycles. The van der Waals surface area contributed by atoms with Crippen molar-refractivity contribution in [2.45, 2.75) is 25.9 Å². The van der Waals surface area contributed by atoms with E-state index in [9.17, 15) is 8.42 Å². The summed E-state index contributed by atoms with van der Waals surface area (Å²) in [6, 6.07) is -0.0434. The molecule has 7 nitrogen and oxygen atoms in total. The third-order valence-electron chi connectivity index (χ3n) is 3.19. The Hall–Kier alpha value is -0.840. The molecule has 120 valence electrons. The van der Waals surface area contributed by atoms with Crippen LogP contribution in [0.1, 0.15) is 12.0 Å². The molecule has 2 N–H and O–H groups in total. The van der Waals surface area contributed by atoms with Gasteiger partial charge in [0.2, 0.25) is 0 Å². The summed E-state index contributed by atoms with van der Waals surface area (Å²) in [6.07, 6.45) is 4.43. The Morgan fingerprint density at radius 2 is 2.33 bits per heavy atom. The fourth-order valence-electron chi connectivity index (χ4n) is 2.17. The SMILES string of the molecule is CN=C(NCCn1cc(C)cn1)NC1CCS(=O)(=O)C1.I. The molecule has 2 heterocycles. The lowest BCUT2D eigenvalue weighted by Crippen LogP contribution is -2.44. The van der Waals surface area contributed by atoms with E-state index in [1.165, 1.54) is 0 Å². The normalized spacial score (nSPS) is 20.9. The molecule has 0 bridgehead atoms.